The number of phenols is 1. The van der Waals surface area contributed by atoms with E-state index in [1.54, 1.807) is 18.2 Å². The Bertz CT molecular complexity index is 766. The molecular weight excluding hydrogens is 349 g/mol. The molecule has 0 saturated carbocycles. The van der Waals surface area contributed by atoms with E-state index in [2.05, 4.69) is 4.76 Å². The molecule has 0 aliphatic heterocycles. The molecule has 25 heavy (non-hydrogen) atoms. The number of rotatable bonds is 6. The van der Waals surface area contributed by atoms with Gasteiger partial charge < -0.3 is 30.2 Å². The molecule has 0 fully saturated rings. The third kappa shape index (κ3) is 5.72. The molecular formula is C16H20NO7P. The maximum absolute atomic E-state index is 11.1. The molecule has 0 heterocycles. The highest BCUT2D eigenvalue weighted by atomic mass is 31.2. The fourth-order valence-corrected chi connectivity index (χ4v) is 3.19. The van der Waals surface area contributed by atoms with Crippen molar-refractivity contribution in [3.05, 3.63) is 53.5 Å². The summed E-state index contributed by atoms with van der Waals surface area (Å²) < 4.78 is 14.3. The summed E-state index contributed by atoms with van der Waals surface area (Å²) in [4.78, 5) is 18.0. The van der Waals surface area contributed by atoms with E-state index in [1.165, 1.54) is 0 Å². The lowest BCUT2D eigenvalue weighted by molar-refractivity contribution is 0.119. The number of phenolic OH excluding ortho intramolecular Hbond substituents is 1. The monoisotopic (exact) mass is 369 g/mol. The van der Waals surface area contributed by atoms with Crippen LogP contribution in [0.3, 0.4) is 0 Å². The van der Waals surface area contributed by atoms with Crippen molar-refractivity contribution in [2.45, 2.75) is 25.4 Å². The van der Waals surface area contributed by atoms with Gasteiger partial charge in [0.15, 0.2) is 0 Å². The van der Waals surface area contributed by atoms with Crippen LogP contribution >= 0.6 is 7.75 Å². The van der Waals surface area contributed by atoms with Gasteiger partial charge in [-0.05, 0) is 37.0 Å². The van der Waals surface area contributed by atoms with E-state index in [9.17, 15) is 25.0 Å². The summed E-state index contributed by atoms with van der Waals surface area (Å²) in [6.45, 7) is 0. The van der Waals surface area contributed by atoms with Crippen molar-refractivity contribution in [3.8, 4) is 5.75 Å². The smallest absolute Gasteiger partial charge is 0.448 e. The minimum Gasteiger partial charge on any atom is -0.511 e. The van der Waals surface area contributed by atoms with E-state index in [4.69, 9.17) is 9.79 Å². The van der Waals surface area contributed by atoms with E-state index >= 15 is 0 Å². The first-order valence-corrected chi connectivity index (χ1v) is 9.15. The highest BCUT2D eigenvalue weighted by molar-refractivity contribution is 7.50. The average molecular weight is 369 g/mol. The molecule has 0 saturated heterocycles. The molecule has 0 amide bonds. The Morgan fingerprint density at radius 3 is 2.52 bits per heavy atom. The van der Waals surface area contributed by atoms with Gasteiger partial charge in [0.2, 0.25) is 0 Å². The van der Waals surface area contributed by atoms with E-state index < -0.39 is 31.3 Å². The molecule has 2 atom stereocenters. The summed E-state index contributed by atoms with van der Waals surface area (Å²) in [6.07, 6.45) is 2.14. The zero-order valence-electron chi connectivity index (χ0n) is 13.2. The van der Waals surface area contributed by atoms with Gasteiger partial charge in [0.1, 0.15) is 17.3 Å². The first kappa shape index (κ1) is 19.2. The molecule has 1 aliphatic carbocycles. The Balaban J connectivity index is 2.07. The lowest BCUT2D eigenvalue weighted by atomic mass is 9.87. The lowest BCUT2D eigenvalue weighted by Gasteiger charge is -2.25. The fraction of sp³-hybridized carbons (Fsp3) is 0.312. The standard InChI is InChI=1S/C16H20NO7P/c18-11-5-1-3-10(7-11)4-2-6-14(20)16-13(17-25(22,23)24)8-12(19)9-15(16)21/h1,3,5,7-9,14,16,18-21H,2,4,6H2,(H2,22,23,24). The van der Waals surface area contributed by atoms with Gasteiger partial charge in [-0.25, -0.2) is 4.57 Å². The number of hydrogen-bond acceptors (Lipinski definition) is 5. The zero-order chi connectivity index (χ0) is 18.6. The number of benzene rings is 1. The number of aryl methyl sites for hydroxylation is 1. The normalized spacial score (nSPS) is 20.9. The molecule has 8 nitrogen and oxygen atoms in total. The van der Waals surface area contributed by atoms with Crippen molar-refractivity contribution in [1.82, 2.24) is 0 Å². The first-order chi connectivity index (χ1) is 11.7. The number of aliphatic hydroxyl groups is 3. The van der Waals surface area contributed by atoms with Gasteiger partial charge in [-0.15, -0.1) is 0 Å². The maximum Gasteiger partial charge on any atom is 0.448 e. The molecule has 6 N–H and O–H groups in total. The van der Waals surface area contributed by atoms with Crippen molar-refractivity contribution in [3.63, 3.8) is 0 Å². The number of allylic oxidation sites excluding steroid dienone is 2. The van der Waals surface area contributed by atoms with Crippen LogP contribution in [0.1, 0.15) is 18.4 Å². The molecule has 0 radical (unpaired) electrons. The van der Waals surface area contributed by atoms with Crippen LogP contribution in [0.5, 0.6) is 5.75 Å². The summed E-state index contributed by atoms with van der Waals surface area (Å²) in [5.41, 5.74) is 0.591. The average Bonchev–Trinajstić information content (AvgIpc) is 2.44. The first-order valence-electron chi connectivity index (χ1n) is 7.58. The Kier molecular flexibility index (Phi) is 6.02. The van der Waals surface area contributed by atoms with Crippen molar-refractivity contribution < 1.29 is 34.8 Å². The maximum atomic E-state index is 11.1. The topological polar surface area (TPSA) is 151 Å². The van der Waals surface area contributed by atoms with Crippen LogP contribution in [0, 0.1) is 5.92 Å². The predicted molar refractivity (Wildman–Crippen MR) is 91.4 cm³/mol. The van der Waals surface area contributed by atoms with E-state index in [0.717, 1.165) is 17.7 Å². The Morgan fingerprint density at radius 1 is 1.16 bits per heavy atom. The predicted octanol–water partition coefficient (Wildman–Crippen LogP) is 2.12. The summed E-state index contributed by atoms with van der Waals surface area (Å²) >= 11 is 0. The van der Waals surface area contributed by atoms with Gasteiger partial charge in [0.05, 0.1) is 17.7 Å². The van der Waals surface area contributed by atoms with E-state index in [1.807, 2.05) is 6.07 Å². The number of aromatic hydroxyl groups is 1. The molecule has 0 aromatic heterocycles. The van der Waals surface area contributed by atoms with Gasteiger partial charge in [-0.1, -0.05) is 12.1 Å². The molecule has 1 aromatic rings. The largest absolute Gasteiger partial charge is 0.511 e. The summed E-state index contributed by atoms with van der Waals surface area (Å²) in [5.74, 6) is -1.82. The molecule has 136 valence electrons. The SMILES string of the molecule is O=P(O)(O)N=C1C=C(O)C=C(O)C1C(O)CCCc1cccc(O)c1. The van der Waals surface area contributed by atoms with Crippen LogP contribution in [-0.2, 0) is 11.0 Å². The van der Waals surface area contributed by atoms with E-state index in [0.29, 0.717) is 12.8 Å². The molecule has 2 unspecified atom stereocenters. The quantitative estimate of drug-likeness (QED) is 0.420. The van der Waals surface area contributed by atoms with Crippen molar-refractivity contribution >= 4 is 13.5 Å². The number of nitrogens with zero attached hydrogens (tertiary/aromatic N) is 1. The van der Waals surface area contributed by atoms with E-state index in [-0.39, 0.29) is 17.9 Å². The zero-order valence-corrected chi connectivity index (χ0v) is 14.1. The summed E-state index contributed by atoms with van der Waals surface area (Å²) in [6, 6.07) is 6.68. The summed E-state index contributed by atoms with van der Waals surface area (Å²) in [5, 5.41) is 39.2. The molecule has 0 spiro atoms. The number of aliphatic hydroxyl groups excluding tert-OH is 3. The van der Waals surface area contributed by atoms with Crippen LogP contribution in [0.2, 0.25) is 0 Å². The molecule has 9 heteroatoms. The highest BCUT2D eigenvalue weighted by Gasteiger charge is 2.32. The summed E-state index contributed by atoms with van der Waals surface area (Å²) in [7, 11) is -4.79. The third-order valence-electron chi connectivity index (χ3n) is 3.74. The minimum atomic E-state index is -4.79. The fourth-order valence-electron chi connectivity index (χ4n) is 2.71. The second kappa shape index (κ2) is 7.84. The van der Waals surface area contributed by atoms with Crippen LogP contribution < -0.4 is 0 Å². The Hall–Kier alpha value is -2.12. The van der Waals surface area contributed by atoms with Crippen LogP contribution in [0.25, 0.3) is 0 Å². The second-order valence-corrected chi connectivity index (χ2v) is 7.01. The molecule has 1 aliphatic rings. The van der Waals surface area contributed by atoms with Crippen molar-refractivity contribution in [2.75, 3.05) is 0 Å². The number of hydrogen-bond donors (Lipinski definition) is 6. The van der Waals surface area contributed by atoms with Crippen molar-refractivity contribution in [2.24, 2.45) is 10.7 Å². The Morgan fingerprint density at radius 2 is 1.88 bits per heavy atom. The molecule has 0 bridgehead atoms. The third-order valence-corrected chi connectivity index (χ3v) is 4.23. The highest BCUT2D eigenvalue weighted by Crippen LogP contribution is 2.39. The van der Waals surface area contributed by atoms with Crippen LogP contribution in [0.15, 0.2) is 52.7 Å². The van der Waals surface area contributed by atoms with Gasteiger partial charge in [0.25, 0.3) is 0 Å². The van der Waals surface area contributed by atoms with Gasteiger partial charge in [-0.3, -0.25) is 0 Å². The molecule has 2 rings (SSSR count). The second-order valence-electron chi connectivity index (χ2n) is 5.78. The van der Waals surface area contributed by atoms with Crippen LogP contribution in [0.4, 0.5) is 0 Å². The van der Waals surface area contributed by atoms with Gasteiger partial charge in [-0.2, -0.15) is 4.76 Å². The lowest BCUT2D eigenvalue weighted by Crippen LogP contribution is -2.31. The Labute approximate surface area is 144 Å². The van der Waals surface area contributed by atoms with Gasteiger partial charge >= 0.3 is 7.75 Å². The molecule has 1 aromatic carbocycles. The minimum absolute atomic E-state index is 0.141. The van der Waals surface area contributed by atoms with Crippen LogP contribution in [-0.4, -0.2) is 42.0 Å². The van der Waals surface area contributed by atoms with Crippen molar-refractivity contribution in [1.29, 1.82) is 0 Å². The van der Waals surface area contributed by atoms with Gasteiger partial charge in [0, 0.05) is 12.2 Å².